The molecule has 2 amide bonds. The van der Waals surface area contributed by atoms with Gasteiger partial charge in [-0.15, -0.1) is 0 Å². The number of amides is 2. The Morgan fingerprint density at radius 3 is 2.25 bits per heavy atom. The van der Waals surface area contributed by atoms with Crippen molar-refractivity contribution in [3.05, 3.63) is 59.7 Å². The monoisotopic (exact) mass is 269 g/mol. The predicted molar refractivity (Wildman–Crippen MR) is 82.9 cm³/mol. The standard InChI is InChI=1S/C16H19N3O/c1-12-3-9-15(10-4-12)19(2)16(20)18-14-7-5-13(11-17)6-8-14/h3-10H,11,17H2,1-2H3,(H,18,20). The molecule has 0 saturated heterocycles. The van der Waals surface area contributed by atoms with Crippen LogP contribution < -0.4 is 16.0 Å². The number of carbonyl (C=O) groups is 1. The molecule has 0 atom stereocenters. The molecule has 0 bridgehead atoms. The van der Waals surface area contributed by atoms with Crippen LogP contribution in [0.15, 0.2) is 48.5 Å². The van der Waals surface area contributed by atoms with Gasteiger partial charge in [0.2, 0.25) is 0 Å². The summed E-state index contributed by atoms with van der Waals surface area (Å²) in [6.45, 7) is 2.51. The van der Waals surface area contributed by atoms with Crippen LogP contribution in [-0.4, -0.2) is 13.1 Å². The number of nitrogens with two attached hydrogens (primary N) is 1. The lowest BCUT2D eigenvalue weighted by Gasteiger charge is -2.18. The second kappa shape index (κ2) is 6.21. The number of hydrogen-bond donors (Lipinski definition) is 2. The SMILES string of the molecule is Cc1ccc(N(C)C(=O)Nc2ccc(CN)cc2)cc1. The molecule has 4 nitrogen and oxygen atoms in total. The Kier molecular flexibility index (Phi) is 4.38. The summed E-state index contributed by atoms with van der Waals surface area (Å²) in [5.74, 6) is 0. The van der Waals surface area contributed by atoms with Crippen LogP contribution in [0.5, 0.6) is 0 Å². The second-order valence-corrected chi connectivity index (χ2v) is 4.73. The van der Waals surface area contributed by atoms with Gasteiger partial charge < -0.3 is 11.1 Å². The van der Waals surface area contributed by atoms with Gasteiger partial charge in [-0.05, 0) is 36.8 Å². The Hall–Kier alpha value is -2.33. The molecular weight excluding hydrogens is 250 g/mol. The van der Waals surface area contributed by atoms with Crippen molar-refractivity contribution < 1.29 is 4.79 Å². The van der Waals surface area contributed by atoms with Crippen molar-refractivity contribution in [1.29, 1.82) is 0 Å². The van der Waals surface area contributed by atoms with E-state index in [1.54, 1.807) is 11.9 Å². The topological polar surface area (TPSA) is 58.4 Å². The Balaban J connectivity index is 2.05. The molecule has 0 aliphatic heterocycles. The summed E-state index contributed by atoms with van der Waals surface area (Å²) in [7, 11) is 1.74. The van der Waals surface area contributed by atoms with Gasteiger partial charge in [-0.3, -0.25) is 4.90 Å². The van der Waals surface area contributed by atoms with Gasteiger partial charge >= 0.3 is 6.03 Å². The van der Waals surface area contributed by atoms with Gasteiger partial charge in [0.25, 0.3) is 0 Å². The molecule has 2 aromatic carbocycles. The summed E-state index contributed by atoms with van der Waals surface area (Å²) in [5, 5.41) is 2.85. The Morgan fingerprint density at radius 2 is 1.70 bits per heavy atom. The molecule has 2 rings (SSSR count). The molecule has 0 aromatic heterocycles. The highest BCUT2D eigenvalue weighted by Gasteiger charge is 2.10. The lowest BCUT2D eigenvalue weighted by atomic mass is 10.2. The first-order valence-corrected chi connectivity index (χ1v) is 6.50. The van der Waals surface area contributed by atoms with Crippen molar-refractivity contribution in [2.75, 3.05) is 17.3 Å². The van der Waals surface area contributed by atoms with E-state index < -0.39 is 0 Å². The third-order valence-electron chi connectivity index (χ3n) is 3.17. The molecular formula is C16H19N3O. The quantitative estimate of drug-likeness (QED) is 0.899. The lowest BCUT2D eigenvalue weighted by Crippen LogP contribution is -2.31. The van der Waals surface area contributed by atoms with E-state index in [-0.39, 0.29) is 6.03 Å². The number of benzene rings is 2. The summed E-state index contributed by atoms with van der Waals surface area (Å²) in [5.41, 5.74) is 9.35. The van der Waals surface area contributed by atoms with E-state index >= 15 is 0 Å². The fraction of sp³-hybridized carbons (Fsp3) is 0.188. The summed E-state index contributed by atoms with van der Waals surface area (Å²) < 4.78 is 0. The van der Waals surface area contributed by atoms with Crippen LogP contribution in [0.2, 0.25) is 0 Å². The van der Waals surface area contributed by atoms with Crippen molar-refractivity contribution in [2.45, 2.75) is 13.5 Å². The van der Waals surface area contributed by atoms with Gasteiger partial charge in [-0.25, -0.2) is 4.79 Å². The summed E-state index contributed by atoms with van der Waals surface area (Å²) in [6.07, 6.45) is 0. The predicted octanol–water partition coefficient (Wildman–Crippen LogP) is 3.12. The molecule has 4 heteroatoms. The summed E-state index contributed by atoms with van der Waals surface area (Å²) >= 11 is 0. The van der Waals surface area contributed by atoms with E-state index in [1.807, 2.05) is 55.5 Å². The third kappa shape index (κ3) is 3.36. The van der Waals surface area contributed by atoms with Gasteiger partial charge in [0.15, 0.2) is 0 Å². The van der Waals surface area contributed by atoms with Crippen LogP contribution in [0.3, 0.4) is 0 Å². The molecule has 0 fully saturated rings. The van der Waals surface area contributed by atoms with E-state index in [0.29, 0.717) is 6.54 Å². The molecule has 0 unspecified atom stereocenters. The smallest absolute Gasteiger partial charge is 0.326 e. The van der Waals surface area contributed by atoms with E-state index in [9.17, 15) is 4.79 Å². The average molecular weight is 269 g/mol. The van der Waals surface area contributed by atoms with Gasteiger partial charge in [-0.1, -0.05) is 29.8 Å². The summed E-state index contributed by atoms with van der Waals surface area (Å²) in [6, 6.07) is 15.1. The maximum atomic E-state index is 12.1. The largest absolute Gasteiger partial charge is 0.326 e. The highest BCUT2D eigenvalue weighted by atomic mass is 16.2. The number of urea groups is 1. The Morgan fingerprint density at radius 1 is 1.10 bits per heavy atom. The minimum absolute atomic E-state index is 0.172. The zero-order valence-corrected chi connectivity index (χ0v) is 11.8. The van der Waals surface area contributed by atoms with E-state index in [0.717, 1.165) is 16.9 Å². The lowest BCUT2D eigenvalue weighted by molar-refractivity contribution is 0.258. The van der Waals surface area contributed by atoms with E-state index in [2.05, 4.69) is 5.32 Å². The first-order chi connectivity index (χ1) is 9.60. The number of anilines is 2. The first-order valence-electron chi connectivity index (χ1n) is 6.50. The number of aryl methyl sites for hydroxylation is 1. The molecule has 0 spiro atoms. The van der Waals surface area contributed by atoms with Crippen LogP contribution in [0.1, 0.15) is 11.1 Å². The van der Waals surface area contributed by atoms with Crippen molar-refractivity contribution in [1.82, 2.24) is 0 Å². The molecule has 0 saturated carbocycles. The highest BCUT2D eigenvalue weighted by molar-refractivity contribution is 6.01. The maximum absolute atomic E-state index is 12.1. The molecule has 0 heterocycles. The molecule has 104 valence electrons. The molecule has 3 N–H and O–H groups in total. The zero-order valence-electron chi connectivity index (χ0n) is 11.8. The van der Waals surface area contributed by atoms with Gasteiger partial charge in [0.1, 0.15) is 0 Å². The van der Waals surface area contributed by atoms with E-state index in [4.69, 9.17) is 5.73 Å². The third-order valence-corrected chi connectivity index (χ3v) is 3.17. The van der Waals surface area contributed by atoms with Gasteiger partial charge in [0, 0.05) is 25.0 Å². The molecule has 0 radical (unpaired) electrons. The van der Waals surface area contributed by atoms with Crippen molar-refractivity contribution in [3.8, 4) is 0 Å². The van der Waals surface area contributed by atoms with E-state index in [1.165, 1.54) is 5.56 Å². The number of carbonyl (C=O) groups excluding carboxylic acids is 1. The van der Waals surface area contributed by atoms with Gasteiger partial charge in [0.05, 0.1) is 0 Å². The van der Waals surface area contributed by atoms with Crippen molar-refractivity contribution >= 4 is 17.4 Å². The molecule has 0 aliphatic carbocycles. The second-order valence-electron chi connectivity index (χ2n) is 4.73. The van der Waals surface area contributed by atoms with Crippen LogP contribution in [0.4, 0.5) is 16.2 Å². The van der Waals surface area contributed by atoms with Crippen LogP contribution in [0, 0.1) is 6.92 Å². The van der Waals surface area contributed by atoms with Crippen molar-refractivity contribution in [3.63, 3.8) is 0 Å². The van der Waals surface area contributed by atoms with Gasteiger partial charge in [-0.2, -0.15) is 0 Å². The minimum Gasteiger partial charge on any atom is -0.326 e. The Bertz CT molecular complexity index is 576. The summed E-state index contributed by atoms with van der Waals surface area (Å²) in [4.78, 5) is 13.7. The fourth-order valence-corrected chi connectivity index (χ4v) is 1.82. The first kappa shape index (κ1) is 14.1. The number of rotatable bonds is 3. The van der Waals surface area contributed by atoms with Crippen LogP contribution in [0.25, 0.3) is 0 Å². The highest BCUT2D eigenvalue weighted by Crippen LogP contribution is 2.15. The normalized spacial score (nSPS) is 10.2. The molecule has 0 aliphatic rings. The number of nitrogens with zero attached hydrogens (tertiary/aromatic N) is 1. The average Bonchev–Trinajstić information content (AvgIpc) is 2.48. The van der Waals surface area contributed by atoms with Crippen LogP contribution >= 0.6 is 0 Å². The molecule has 2 aromatic rings. The maximum Gasteiger partial charge on any atom is 0.326 e. The minimum atomic E-state index is -0.172. The van der Waals surface area contributed by atoms with Crippen LogP contribution in [-0.2, 0) is 6.54 Å². The number of hydrogen-bond acceptors (Lipinski definition) is 2. The Labute approximate surface area is 119 Å². The number of nitrogens with one attached hydrogen (secondary N) is 1. The molecule has 20 heavy (non-hydrogen) atoms. The van der Waals surface area contributed by atoms with Crippen molar-refractivity contribution in [2.24, 2.45) is 5.73 Å². The fourth-order valence-electron chi connectivity index (χ4n) is 1.82. The zero-order chi connectivity index (χ0) is 14.5.